The van der Waals surface area contributed by atoms with E-state index >= 15 is 0 Å². The van der Waals surface area contributed by atoms with Gasteiger partial charge in [-0.05, 0) is 35.7 Å². The summed E-state index contributed by atoms with van der Waals surface area (Å²) in [6.45, 7) is 6.43. The second-order valence-corrected chi connectivity index (χ2v) is 4.95. The Kier molecular flexibility index (Phi) is 4.22. The standard InChI is InChI=1S/C15H21N3O/c1-3-17-9-12-4-5-14-13(8-12)6-7-18(14)10-11(2)15(16)19/h4-8,11,17H,3,9-10H2,1-2H3,(H2,16,19). The number of primary amides is 1. The summed E-state index contributed by atoms with van der Waals surface area (Å²) >= 11 is 0. The van der Waals surface area contributed by atoms with Crippen LogP contribution >= 0.6 is 0 Å². The molecule has 0 aliphatic carbocycles. The van der Waals surface area contributed by atoms with E-state index in [2.05, 4.69) is 41.1 Å². The third-order valence-electron chi connectivity index (χ3n) is 3.37. The molecule has 1 unspecified atom stereocenters. The van der Waals surface area contributed by atoms with Crippen molar-refractivity contribution in [2.75, 3.05) is 6.54 Å². The lowest BCUT2D eigenvalue weighted by Crippen LogP contribution is -2.24. The zero-order chi connectivity index (χ0) is 13.8. The maximum atomic E-state index is 11.1. The van der Waals surface area contributed by atoms with Crippen molar-refractivity contribution in [3.05, 3.63) is 36.0 Å². The molecule has 0 radical (unpaired) electrons. The Morgan fingerprint density at radius 3 is 2.89 bits per heavy atom. The highest BCUT2D eigenvalue weighted by molar-refractivity contribution is 5.81. The Bertz CT molecular complexity index is 574. The number of hydrogen-bond donors (Lipinski definition) is 2. The molecule has 2 aromatic rings. The van der Waals surface area contributed by atoms with Crippen LogP contribution < -0.4 is 11.1 Å². The number of nitrogens with one attached hydrogen (secondary N) is 1. The number of nitrogens with two attached hydrogens (primary N) is 1. The molecule has 3 N–H and O–H groups in total. The molecule has 0 aliphatic rings. The first-order valence-electron chi connectivity index (χ1n) is 6.69. The van der Waals surface area contributed by atoms with Crippen LogP contribution in [0, 0.1) is 5.92 Å². The van der Waals surface area contributed by atoms with Crippen LogP contribution in [0.25, 0.3) is 10.9 Å². The number of carbonyl (C=O) groups is 1. The van der Waals surface area contributed by atoms with Crippen LogP contribution in [0.4, 0.5) is 0 Å². The Morgan fingerprint density at radius 2 is 2.21 bits per heavy atom. The first kappa shape index (κ1) is 13.6. The zero-order valence-electron chi connectivity index (χ0n) is 11.5. The fourth-order valence-electron chi connectivity index (χ4n) is 2.17. The van der Waals surface area contributed by atoms with Crippen LogP contribution in [0.5, 0.6) is 0 Å². The molecular weight excluding hydrogens is 238 g/mol. The number of rotatable bonds is 6. The minimum absolute atomic E-state index is 0.156. The smallest absolute Gasteiger partial charge is 0.222 e. The molecule has 1 aromatic carbocycles. The van der Waals surface area contributed by atoms with Gasteiger partial charge in [-0.2, -0.15) is 0 Å². The second-order valence-electron chi connectivity index (χ2n) is 4.95. The van der Waals surface area contributed by atoms with Crippen LogP contribution in [0.3, 0.4) is 0 Å². The van der Waals surface area contributed by atoms with E-state index in [9.17, 15) is 4.79 Å². The quantitative estimate of drug-likeness (QED) is 0.832. The van der Waals surface area contributed by atoms with E-state index in [0.29, 0.717) is 6.54 Å². The Labute approximate surface area is 113 Å². The summed E-state index contributed by atoms with van der Waals surface area (Å²) in [5.74, 6) is -0.414. The predicted octanol–water partition coefficient (Wildman–Crippen LogP) is 1.87. The van der Waals surface area contributed by atoms with Crippen molar-refractivity contribution >= 4 is 16.8 Å². The topological polar surface area (TPSA) is 60.1 Å². The number of carbonyl (C=O) groups excluding carboxylic acids is 1. The average molecular weight is 259 g/mol. The lowest BCUT2D eigenvalue weighted by atomic mass is 10.1. The van der Waals surface area contributed by atoms with Gasteiger partial charge < -0.3 is 15.6 Å². The molecule has 1 amide bonds. The van der Waals surface area contributed by atoms with Crippen LogP contribution in [0.15, 0.2) is 30.5 Å². The molecule has 1 atom stereocenters. The molecule has 102 valence electrons. The van der Waals surface area contributed by atoms with Gasteiger partial charge in [-0.25, -0.2) is 0 Å². The number of amides is 1. The molecule has 0 saturated carbocycles. The van der Waals surface area contributed by atoms with Crippen LogP contribution in [0.2, 0.25) is 0 Å². The van der Waals surface area contributed by atoms with E-state index < -0.39 is 0 Å². The first-order valence-corrected chi connectivity index (χ1v) is 6.69. The molecule has 1 aromatic heterocycles. The summed E-state index contributed by atoms with van der Waals surface area (Å²) in [6.07, 6.45) is 2.02. The normalized spacial score (nSPS) is 12.7. The molecule has 0 fully saturated rings. The summed E-state index contributed by atoms with van der Waals surface area (Å²) in [4.78, 5) is 11.1. The fraction of sp³-hybridized carbons (Fsp3) is 0.400. The van der Waals surface area contributed by atoms with Gasteiger partial charge >= 0.3 is 0 Å². The molecule has 0 spiro atoms. The molecule has 1 heterocycles. The monoisotopic (exact) mass is 259 g/mol. The fourth-order valence-corrected chi connectivity index (χ4v) is 2.17. The van der Waals surface area contributed by atoms with Gasteiger partial charge in [-0.15, -0.1) is 0 Å². The van der Waals surface area contributed by atoms with E-state index in [0.717, 1.165) is 18.6 Å². The van der Waals surface area contributed by atoms with E-state index in [-0.39, 0.29) is 11.8 Å². The second kappa shape index (κ2) is 5.89. The van der Waals surface area contributed by atoms with Crippen LogP contribution in [0.1, 0.15) is 19.4 Å². The Morgan fingerprint density at radius 1 is 1.42 bits per heavy atom. The molecule has 4 heteroatoms. The molecule has 19 heavy (non-hydrogen) atoms. The summed E-state index contributed by atoms with van der Waals surface area (Å²) in [5, 5.41) is 4.52. The van der Waals surface area contributed by atoms with Crippen molar-refractivity contribution in [1.82, 2.24) is 9.88 Å². The minimum Gasteiger partial charge on any atom is -0.369 e. The number of fused-ring (bicyclic) bond motifs is 1. The van der Waals surface area contributed by atoms with E-state index in [1.165, 1.54) is 10.9 Å². The van der Waals surface area contributed by atoms with Crippen molar-refractivity contribution in [3.63, 3.8) is 0 Å². The SMILES string of the molecule is CCNCc1ccc2c(ccn2CC(C)C(N)=O)c1. The van der Waals surface area contributed by atoms with Gasteiger partial charge in [0.1, 0.15) is 0 Å². The van der Waals surface area contributed by atoms with Crippen LogP contribution in [-0.4, -0.2) is 17.0 Å². The van der Waals surface area contributed by atoms with Gasteiger partial charge in [0.05, 0.1) is 5.92 Å². The van der Waals surface area contributed by atoms with Gasteiger partial charge in [0.2, 0.25) is 5.91 Å². The van der Waals surface area contributed by atoms with Crippen LogP contribution in [-0.2, 0) is 17.9 Å². The van der Waals surface area contributed by atoms with Crippen molar-refractivity contribution in [1.29, 1.82) is 0 Å². The van der Waals surface area contributed by atoms with Gasteiger partial charge in [0.15, 0.2) is 0 Å². The van der Waals surface area contributed by atoms with Gasteiger partial charge in [-0.1, -0.05) is 19.9 Å². The summed E-state index contributed by atoms with van der Waals surface area (Å²) in [5.41, 5.74) is 7.73. The molecule has 0 bridgehead atoms. The maximum absolute atomic E-state index is 11.1. The Hall–Kier alpha value is -1.81. The van der Waals surface area contributed by atoms with Crippen molar-refractivity contribution in [3.8, 4) is 0 Å². The first-order chi connectivity index (χ1) is 9.11. The predicted molar refractivity (Wildman–Crippen MR) is 77.7 cm³/mol. The van der Waals surface area contributed by atoms with E-state index in [1.54, 1.807) is 0 Å². The number of nitrogens with zero attached hydrogens (tertiary/aromatic N) is 1. The largest absolute Gasteiger partial charge is 0.369 e. The lowest BCUT2D eigenvalue weighted by Gasteiger charge is -2.10. The molecule has 0 saturated heterocycles. The highest BCUT2D eigenvalue weighted by Gasteiger charge is 2.11. The van der Waals surface area contributed by atoms with Gasteiger partial charge in [0, 0.05) is 24.8 Å². The molecule has 0 aliphatic heterocycles. The van der Waals surface area contributed by atoms with Crippen molar-refractivity contribution < 1.29 is 4.79 Å². The number of aromatic nitrogens is 1. The number of hydrogen-bond acceptors (Lipinski definition) is 2. The summed E-state index contributed by atoms with van der Waals surface area (Å²) < 4.78 is 2.09. The maximum Gasteiger partial charge on any atom is 0.222 e. The third-order valence-corrected chi connectivity index (χ3v) is 3.37. The van der Waals surface area contributed by atoms with E-state index in [4.69, 9.17) is 5.73 Å². The zero-order valence-corrected chi connectivity index (χ0v) is 11.5. The van der Waals surface area contributed by atoms with Crippen molar-refractivity contribution in [2.24, 2.45) is 11.7 Å². The number of benzene rings is 1. The third kappa shape index (κ3) is 3.15. The highest BCUT2D eigenvalue weighted by atomic mass is 16.1. The van der Waals surface area contributed by atoms with Crippen molar-refractivity contribution in [2.45, 2.75) is 26.9 Å². The Balaban J connectivity index is 2.21. The molecule has 2 rings (SSSR count). The van der Waals surface area contributed by atoms with Gasteiger partial charge in [0.25, 0.3) is 0 Å². The summed E-state index contributed by atoms with van der Waals surface area (Å²) in [6, 6.07) is 8.49. The molecule has 4 nitrogen and oxygen atoms in total. The lowest BCUT2D eigenvalue weighted by molar-refractivity contribution is -0.121. The van der Waals surface area contributed by atoms with Gasteiger partial charge in [-0.3, -0.25) is 4.79 Å². The average Bonchev–Trinajstić information content (AvgIpc) is 2.78. The van der Waals surface area contributed by atoms with E-state index in [1.807, 2.05) is 13.1 Å². The summed E-state index contributed by atoms with van der Waals surface area (Å²) in [7, 11) is 0. The minimum atomic E-state index is -0.259. The highest BCUT2D eigenvalue weighted by Crippen LogP contribution is 2.19. The molecular formula is C15H21N3O.